The largest absolute Gasteiger partial charge is 0.489 e. The van der Waals surface area contributed by atoms with Crippen LogP contribution in [0.25, 0.3) is 0 Å². The fourth-order valence-corrected chi connectivity index (χ4v) is 1.15. The monoisotopic (exact) mass is 249 g/mol. The first-order chi connectivity index (χ1) is 8.60. The van der Waals surface area contributed by atoms with Crippen molar-refractivity contribution in [2.45, 2.75) is 6.92 Å². The van der Waals surface area contributed by atoms with Gasteiger partial charge in [0, 0.05) is 0 Å². The Morgan fingerprint density at radius 3 is 2.94 bits per heavy atom. The Morgan fingerprint density at radius 2 is 2.39 bits per heavy atom. The molecule has 0 saturated heterocycles. The third kappa shape index (κ3) is 3.18. The number of benzene rings is 1. The highest BCUT2D eigenvalue weighted by molar-refractivity contribution is 6.45. The first-order valence-electron chi connectivity index (χ1n) is 5.09. The van der Waals surface area contributed by atoms with Gasteiger partial charge >= 0.3 is 0 Å². The normalized spacial score (nSPS) is 10.6. The molecule has 94 valence electrons. The minimum atomic E-state index is -0.543. The van der Waals surface area contributed by atoms with E-state index in [1.807, 2.05) is 0 Å². The number of hydrogen-bond acceptors (Lipinski definition) is 5. The summed E-state index contributed by atoms with van der Waals surface area (Å²) in [6.07, 6.45) is 0. The summed E-state index contributed by atoms with van der Waals surface area (Å²) in [7, 11) is 0. The molecule has 0 aliphatic carbocycles. The highest BCUT2D eigenvalue weighted by Crippen LogP contribution is 2.27. The lowest BCUT2D eigenvalue weighted by Crippen LogP contribution is -2.22. The summed E-state index contributed by atoms with van der Waals surface area (Å²) in [5, 5.41) is 19.3. The smallest absolute Gasteiger partial charge is 0.201 e. The zero-order valence-corrected chi connectivity index (χ0v) is 9.70. The van der Waals surface area contributed by atoms with E-state index in [1.54, 1.807) is 13.0 Å². The van der Waals surface area contributed by atoms with Crippen molar-refractivity contribution in [3.05, 3.63) is 24.0 Å². The summed E-state index contributed by atoms with van der Waals surface area (Å²) in [6, 6.07) is 5.89. The molecule has 6 nitrogen and oxygen atoms in total. The van der Waals surface area contributed by atoms with Crippen molar-refractivity contribution in [2.75, 3.05) is 12.0 Å². The zero-order chi connectivity index (χ0) is 13.5. The van der Waals surface area contributed by atoms with Gasteiger partial charge in [0.25, 0.3) is 0 Å². The maximum atomic E-state index is 13.5. The predicted octanol–water partition coefficient (Wildman–Crippen LogP) is 1.45. The fourth-order valence-electron chi connectivity index (χ4n) is 1.15. The van der Waals surface area contributed by atoms with Crippen molar-refractivity contribution in [3.8, 4) is 11.8 Å². The van der Waals surface area contributed by atoms with E-state index < -0.39 is 11.7 Å². The summed E-state index contributed by atoms with van der Waals surface area (Å²) in [5.74, 6) is -1.01. The molecule has 0 bridgehead atoms. The van der Waals surface area contributed by atoms with Crippen LogP contribution in [0.4, 0.5) is 10.1 Å². The molecule has 1 aromatic rings. The summed E-state index contributed by atoms with van der Waals surface area (Å²) >= 11 is 0. The first-order valence-corrected chi connectivity index (χ1v) is 5.09. The molecule has 0 heterocycles. The molecule has 1 rings (SSSR count). The van der Waals surface area contributed by atoms with Gasteiger partial charge < -0.3 is 10.5 Å². The van der Waals surface area contributed by atoms with E-state index in [9.17, 15) is 4.39 Å². The Balaban J connectivity index is 3.01. The van der Waals surface area contributed by atoms with E-state index in [0.717, 1.165) is 0 Å². The van der Waals surface area contributed by atoms with Crippen molar-refractivity contribution in [1.29, 1.82) is 10.7 Å². The third-order valence-corrected chi connectivity index (χ3v) is 1.90. The second kappa shape index (κ2) is 6.20. The molecular formula is C11H12FN5O. The second-order valence-electron chi connectivity index (χ2n) is 3.15. The van der Waals surface area contributed by atoms with Crippen LogP contribution in [0.15, 0.2) is 23.3 Å². The number of rotatable bonds is 5. The number of anilines is 1. The van der Waals surface area contributed by atoms with Crippen LogP contribution in [0, 0.1) is 22.6 Å². The second-order valence-corrected chi connectivity index (χ2v) is 3.15. The van der Waals surface area contributed by atoms with Crippen molar-refractivity contribution in [3.63, 3.8) is 0 Å². The Labute approximate surface area is 103 Å². The fraction of sp³-hybridized carbons (Fsp3) is 0.182. The maximum Gasteiger partial charge on any atom is 0.201 e. The van der Waals surface area contributed by atoms with E-state index in [4.69, 9.17) is 21.1 Å². The summed E-state index contributed by atoms with van der Waals surface area (Å²) in [5.41, 5.74) is 7.54. The van der Waals surface area contributed by atoms with Gasteiger partial charge in [0.2, 0.25) is 5.71 Å². The number of nitriles is 1. The summed E-state index contributed by atoms with van der Waals surface area (Å²) < 4.78 is 18.6. The van der Waals surface area contributed by atoms with Gasteiger partial charge in [0.15, 0.2) is 17.4 Å². The van der Waals surface area contributed by atoms with Gasteiger partial charge in [0.05, 0.1) is 6.61 Å². The first kappa shape index (κ1) is 13.4. The SMILES string of the molecule is CCOc1c(F)cccc1N/N=C(\C#N)C(=N)N. The number of halogens is 1. The van der Waals surface area contributed by atoms with E-state index in [-0.39, 0.29) is 23.8 Å². The molecule has 0 fully saturated rings. The topological polar surface area (TPSA) is 107 Å². The number of hydrogen-bond donors (Lipinski definition) is 3. The molecule has 0 amide bonds. The quantitative estimate of drug-likeness (QED) is 0.417. The lowest BCUT2D eigenvalue weighted by atomic mass is 10.3. The van der Waals surface area contributed by atoms with Crippen molar-refractivity contribution < 1.29 is 9.13 Å². The van der Waals surface area contributed by atoms with Crippen LogP contribution in [0.5, 0.6) is 5.75 Å². The number of nitrogens with zero attached hydrogens (tertiary/aromatic N) is 2. The Morgan fingerprint density at radius 1 is 1.67 bits per heavy atom. The molecule has 0 radical (unpaired) electrons. The van der Waals surface area contributed by atoms with Crippen LogP contribution in [-0.2, 0) is 0 Å². The minimum Gasteiger partial charge on any atom is -0.489 e. The molecule has 1 aromatic carbocycles. The number of nitrogens with one attached hydrogen (secondary N) is 2. The number of para-hydroxylation sites is 1. The van der Waals surface area contributed by atoms with Gasteiger partial charge in [-0.3, -0.25) is 10.8 Å². The van der Waals surface area contributed by atoms with Crippen LogP contribution in [0.3, 0.4) is 0 Å². The average Bonchev–Trinajstić information content (AvgIpc) is 2.33. The van der Waals surface area contributed by atoms with Gasteiger partial charge in [-0.1, -0.05) is 6.07 Å². The number of ether oxygens (including phenoxy) is 1. The predicted molar refractivity (Wildman–Crippen MR) is 66.2 cm³/mol. The van der Waals surface area contributed by atoms with E-state index in [2.05, 4.69) is 10.5 Å². The lowest BCUT2D eigenvalue weighted by Gasteiger charge is -2.10. The molecule has 0 aliphatic rings. The lowest BCUT2D eigenvalue weighted by molar-refractivity contribution is 0.323. The van der Waals surface area contributed by atoms with Crippen LogP contribution in [-0.4, -0.2) is 18.2 Å². The third-order valence-electron chi connectivity index (χ3n) is 1.90. The Bertz CT molecular complexity index is 521. The standard InChI is InChI=1S/C11H12FN5O/c1-2-18-10-7(12)4-3-5-8(10)16-17-9(6-13)11(14)15/h3-5,16H,2H2,1H3,(H3,14,15)/b17-9+. The van der Waals surface area contributed by atoms with Gasteiger partial charge in [-0.2, -0.15) is 10.4 Å². The van der Waals surface area contributed by atoms with Crippen LogP contribution < -0.4 is 15.9 Å². The van der Waals surface area contributed by atoms with Gasteiger partial charge in [-0.05, 0) is 19.1 Å². The van der Waals surface area contributed by atoms with E-state index in [0.29, 0.717) is 0 Å². The molecule has 4 N–H and O–H groups in total. The molecule has 0 aliphatic heterocycles. The van der Waals surface area contributed by atoms with Gasteiger partial charge in [0.1, 0.15) is 11.8 Å². The summed E-state index contributed by atoms with van der Waals surface area (Å²) in [4.78, 5) is 0. The van der Waals surface area contributed by atoms with Crippen LogP contribution in [0.1, 0.15) is 6.92 Å². The summed E-state index contributed by atoms with van der Waals surface area (Å²) in [6.45, 7) is 2.01. The zero-order valence-electron chi connectivity index (χ0n) is 9.70. The van der Waals surface area contributed by atoms with Gasteiger partial charge in [-0.25, -0.2) is 4.39 Å². The maximum absolute atomic E-state index is 13.5. The molecule has 18 heavy (non-hydrogen) atoms. The minimum absolute atomic E-state index is 0.00425. The van der Waals surface area contributed by atoms with E-state index >= 15 is 0 Å². The Kier molecular flexibility index (Phi) is 4.63. The highest BCUT2D eigenvalue weighted by atomic mass is 19.1. The Hall–Kier alpha value is -2.62. The molecular weight excluding hydrogens is 237 g/mol. The molecule has 0 aromatic heterocycles. The van der Waals surface area contributed by atoms with Crippen molar-refractivity contribution in [2.24, 2.45) is 10.8 Å². The van der Waals surface area contributed by atoms with Crippen LogP contribution in [0.2, 0.25) is 0 Å². The highest BCUT2D eigenvalue weighted by Gasteiger charge is 2.09. The molecule has 0 saturated carbocycles. The molecule has 0 atom stereocenters. The number of amidine groups is 1. The van der Waals surface area contributed by atoms with Gasteiger partial charge in [-0.15, -0.1) is 0 Å². The number of hydrazone groups is 1. The molecule has 0 spiro atoms. The average molecular weight is 249 g/mol. The van der Waals surface area contributed by atoms with Crippen LogP contribution >= 0.6 is 0 Å². The van der Waals surface area contributed by atoms with Crippen molar-refractivity contribution >= 4 is 17.2 Å². The molecule has 0 unspecified atom stereocenters. The number of nitrogens with two attached hydrogens (primary N) is 1. The van der Waals surface area contributed by atoms with Crippen molar-refractivity contribution in [1.82, 2.24) is 0 Å². The molecule has 7 heteroatoms. The van der Waals surface area contributed by atoms with E-state index in [1.165, 1.54) is 18.2 Å².